The van der Waals surface area contributed by atoms with E-state index in [-0.39, 0.29) is 13.0 Å². The fourth-order valence-corrected chi connectivity index (χ4v) is 7.62. The van der Waals surface area contributed by atoms with Crippen LogP contribution in [0.1, 0.15) is 67.7 Å². The first kappa shape index (κ1) is 27.6. The number of aliphatic hydroxyl groups is 2. The van der Waals surface area contributed by atoms with Gasteiger partial charge in [0.1, 0.15) is 30.0 Å². The molecule has 10 unspecified atom stereocenters. The van der Waals surface area contributed by atoms with Crippen molar-refractivity contribution < 1.29 is 43.5 Å². The number of fused-ring (bicyclic) bond motifs is 3. The Morgan fingerprint density at radius 3 is 2.06 bits per heavy atom. The lowest BCUT2D eigenvalue weighted by atomic mass is 9.41. The molecule has 0 aromatic carbocycles. The molecule has 0 amide bonds. The minimum atomic E-state index is -1.38. The molecule has 3 fully saturated rings. The summed E-state index contributed by atoms with van der Waals surface area (Å²) in [4.78, 5) is 36.7. The van der Waals surface area contributed by atoms with E-state index in [1.807, 2.05) is 13.8 Å². The van der Waals surface area contributed by atoms with Crippen molar-refractivity contribution in [2.24, 2.45) is 22.7 Å². The van der Waals surface area contributed by atoms with Crippen molar-refractivity contribution in [3.05, 3.63) is 12.7 Å². The third-order valence-electron chi connectivity index (χ3n) is 8.76. The minimum Gasteiger partial charge on any atom is -0.462 e. The molecule has 0 bridgehead atoms. The van der Waals surface area contributed by atoms with E-state index in [0.717, 1.165) is 0 Å². The highest BCUT2D eigenvalue weighted by molar-refractivity contribution is 5.67. The van der Waals surface area contributed by atoms with Crippen molar-refractivity contribution in [3.8, 4) is 0 Å². The molecule has 9 heteroatoms. The van der Waals surface area contributed by atoms with E-state index in [4.69, 9.17) is 18.9 Å². The topological polar surface area (TPSA) is 129 Å². The summed E-state index contributed by atoms with van der Waals surface area (Å²) in [5, 5.41) is 22.4. The van der Waals surface area contributed by atoms with Crippen LogP contribution in [0.3, 0.4) is 0 Å². The normalized spacial score (nSPS) is 47.0. The average Bonchev–Trinajstić information content (AvgIpc) is 2.72. The highest BCUT2D eigenvalue weighted by Crippen LogP contribution is 2.67. The van der Waals surface area contributed by atoms with Crippen LogP contribution in [0.15, 0.2) is 12.7 Å². The first-order chi connectivity index (χ1) is 16.1. The zero-order valence-electron chi connectivity index (χ0n) is 21.8. The van der Waals surface area contributed by atoms with E-state index in [2.05, 4.69) is 6.58 Å². The van der Waals surface area contributed by atoms with Crippen molar-refractivity contribution >= 4 is 17.9 Å². The molecule has 2 N–H and O–H groups in total. The second kappa shape index (κ2) is 9.16. The number of esters is 3. The summed E-state index contributed by atoms with van der Waals surface area (Å²) in [5.41, 5.74) is -4.12. The molecule has 35 heavy (non-hydrogen) atoms. The van der Waals surface area contributed by atoms with Gasteiger partial charge in [0.25, 0.3) is 0 Å². The van der Waals surface area contributed by atoms with Gasteiger partial charge >= 0.3 is 17.9 Å². The molecule has 0 spiro atoms. The van der Waals surface area contributed by atoms with E-state index >= 15 is 0 Å². The Kier molecular flexibility index (Phi) is 7.23. The summed E-state index contributed by atoms with van der Waals surface area (Å²) in [7, 11) is 0. The molecule has 2 saturated carbocycles. The summed E-state index contributed by atoms with van der Waals surface area (Å²) in [6, 6.07) is 0. The third-order valence-corrected chi connectivity index (χ3v) is 8.76. The fraction of sp³-hybridized carbons (Fsp3) is 0.808. The molecule has 0 radical (unpaired) electrons. The van der Waals surface area contributed by atoms with Crippen LogP contribution in [-0.2, 0) is 33.3 Å². The largest absolute Gasteiger partial charge is 0.462 e. The van der Waals surface area contributed by atoms with Crippen molar-refractivity contribution in [2.45, 2.75) is 103 Å². The van der Waals surface area contributed by atoms with Crippen LogP contribution in [0, 0.1) is 22.7 Å². The van der Waals surface area contributed by atoms with Gasteiger partial charge < -0.3 is 29.2 Å². The van der Waals surface area contributed by atoms with Crippen LogP contribution in [0.5, 0.6) is 0 Å². The molecule has 1 heterocycles. The minimum absolute atomic E-state index is 0.239. The average molecular weight is 497 g/mol. The smallest absolute Gasteiger partial charge is 0.303 e. The number of hydrogen-bond donors (Lipinski definition) is 2. The van der Waals surface area contributed by atoms with Gasteiger partial charge in [0.15, 0.2) is 0 Å². The Labute approximate surface area is 207 Å². The summed E-state index contributed by atoms with van der Waals surface area (Å²) < 4.78 is 24.1. The van der Waals surface area contributed by atoms with Gasteiger partial charge in [-0.25, -0.2) is 0 Å². The quantitative estimate of drug-likeness (QED) is 0.335. The van der Waals surface area contributed by atoms with Crippen molar-refractivity contribution in [1.82, 2.24) is 0 Å². The van der Waals surface area contributed by atoms with Gasteiger partial charge in [0, 0.05) is 51.0 Å². The standard InChI is InChI=1S/C26H40O9/c1-9-24(6)12-17(32-14(2)28)20-25(7)18(33-15(3)29)10-11-23(5,13-27)21(25)19(34-16(4)30)22(31)26(20,8)35-24/h9,17-22,27,31H,1,10-13H2,2-8H3. The Hall–Kier alpha value is -1.97. The van der Waals surface area contributed by atoms with Crippen LogP contribution in [0.2, 0.25) is 0 Å². The van der Waals surface area contributed by atoms with Crippen molar-refractivity contribution in [3.63, 3.8) is 0 Å². The van der Waals surface area contributed by atoms with Crippen LogP contribution in [0.25, 0.3) is 0 Å². The Bertz CT molecular complexity index is 888. The first-order valence-corrected chi connectivity index (χ1v) is 12.2. The maximum atomic E-state index is 12.2. The van der Waals surface area contributed by atoms with Crippen molar-refractivity contribution in [1.29, 1.82) is 0 Å². The van der Waals surface area contributed by atoms with E-state index < -0.39 is 76.2 Å². The Morgan fingerprint density at radius 2 is 1.57 bits per heavy atom. The molecule has 2 aliphatic carbocycles. The van der Waals surface area contributed by atoms with E-state index in [9.17, 15) is 24.6 Å². The number of aliphatic hydroxyl groups excluding tert-OH is 2. The maximum Gasteiger partial charge on any atom is 0.303 e. The maximum absolute atomic E-state index is 12.2. The highest BCUT2D eigenvalue weighted by Gasteiger charge is 2.75. The zero-order valence-corrected chi connectivity index (χ0v) is 21.8. The SMILES string of the molecule is C=CC1(C)CC(OC(C)=O)C2C(C)(O1)C(O)C(OC(C)=O)C1C(C)(CO)CCC(OC(C)=O)C12C. The number of carbonyl (C=O) groups is 3. The van der Waals surface area contributed by atoms with Crippen LogP contribution < -0.4 is 0 Å². The van der Waals surface area contributed by atoms with Gasteiger partial charge in [-0.3, -0.25) is 14.4 Å². The van der Waals surface area contributed by atoms with Gasteiger partial charge in [-0.1, -0.05) is 19.9 Å². The lowest BCUT2D eigenvalue weighted by Crippen LogP contribution is -2.79. The predicted molar refractivity (Wildman–Crippen MR) is 125 cm³/mol. The lowest BCUT2D eigenvalue weighted by Gasteiger charge is -2.70. The second-order valence-electron chi connectivity index (χ2n) is 11.4. The molecule has 1 saturated heterocycles. The molecule has 0 aromatic heterocycles. The molecule has 3 rings (SSSR count). The van der Waals surface area contributed by atoms with E-state index in [0.29, 0.717) is 12.8 Å². The molecule has 198 valence electrons. The van der Waals surface area contributed by atoms with Gasteiger partial charge in [0.2, 0.25) is 0 Å². The Morgan fingerprint density at radius 1 is 1.00 bits per heavy atom. The second-order valence-corrected chi connectivity index (χ2v) is 11.4. The van der Waals surface area contributed by atoms with Crippen LogP contribution in [0.4, 0.5) is 0 Å². The number of rotatable bonds is 5. The molecular formula is C26H40O9. The third kappa shape index (κ3) is 4.40. The first-order valence-electron chi connectivity index (χ1n) is 12.2. The monoisotopic (exact) mass is 496 g/mol. The number of carbonyl (C=O) groups excluding carboxylic acids is 3. The number of hydrogen-bond acceptors (Lipinski definition) is 9. The molecule has 0 aromatic rings. The van der Waals surface area contributed by atoms with Gasteiger partial charge in [-0.15, -0.1) is 6.58 Å². The van der Waals surface area contributed by atoms with Gasteiger partial charge in [0.05, 0.1) is 5.60 Å². The molecule has 3 aliphatic rings. The lowest BCUT2D eigenvalue weighted by molar-refractivity contribution is -0.356. The Balaban J connectivity index is 2.34. The molecule has 10 atom stereocenters. The summed E-state index contributed by atoms with van der Waals surface area (Å²) in [6.07, 6.45) is -0.998. The van der Waals surface area contributed by atoms with E-state index in [1.165, 1.54) is 20.8 Å². The summed E-state index contributed by atoms with van der Waals surface area (Å²) in [6.45, 7) is 14.8. The highest BCUT2D eigenvalue weighted by atomic mass is 16.6. The van der Waals surface area contributed by atoms with Crippen LogP contribution in [-0.4, -0.2) is 70.3 Å². The summed E-state index contributed by atoms with van der Waals surface area (Å²) >= 11 is 0. The zero-order chi connectivity index (χ0) is 26.6. The number of ether oxygens (including phenoxy) is 4. The van der Waals surface area contributed by atoms with Crippen LogP contribution >= 0.6 is 0 Å². The van der Waals surface area contributed by atoms with E-state index in [1.54, 1.807) is 19.9 Å². The molecule has 1 aliphatic heterocycles. The predicted octanol–water partition coefficient (Wildman–Crippen LogP) is 2.31. The van der Waals surface area contributed by atoms with Crippen molar-refractivity contribution in [2.75, 3.05) is 6.61 Å². The van der Waals surface area contributed by atoms with Gasteiger partial charge in [-0.2, -0.15) is 0 Å². The van der Waals surface area contributed by atoms with Gasteiger partial charge in [-0.05, 0) is 32.1 Å². The molecule has 9 nitrogen and oxygen atoms in total. The fourth-order valence-electron chi connectivity index (χ4n) is 7.62. The molecular weight excluding hydrogens is 456 g/mol. The summed E-state index contributed by atoms with van der Waals surface area (Å²) in [5.74, 6) is -2.85.